The fourth-order valence-corrected chi connectivity index (χ4v) is 20.9. The number of amides is 7. The SMILES string of the molecule is CC1(C)C(/C=C/C(=C/C=C2/N(CCCS(=O)(=O)O)c3ccc4c(S(=O)(=O)O)cc(S(=O)(=O)O)cc4c3C2(C)C)c2ccc(C(=O)NCCCSS[C@H](NC(=O)CCCNC(=O)[C@@H]3CCCN3C(=O)[C@@H]3CCCN3C(=O)[C@H](CCCNC(=N)N)NC(=O)[C@@H]3CCCN3C(=O)CN)C(=O)O)nc2)=Nc2ccc3c(S(=O)(=O)O)cc(S(=O)(=O)O)cc3c21. The lowest BCUT2D eigenvalue weighted by Gasteiger charge is -2.33. The van der Waals surface area contributed by atoms with Crippen LogP contribution in [0.25, 0.3) is 27.1 Å². The molecule has 0 bridgehead atoms. The molecule has 644 valence electrons. The van der Waals surface area contributed by atoms with Gasteiger partial charge in [-0.2, -0.15) is 42.1 Å². The molecule has 0 radical (unpaired) electrons. The van der Waals surface area contributed by atoms with Crippen molar-refractivity contribution in [3.05, 3.63) is 119 Å². The minimum Gasteiger partial charge on any atom is -0.479 e. The summed E-state index contributed by atoms with van der Waals surface area (Å²) in [6, 6.07) is 7.95. The largest absolute Gasteiger partial charge is 0.479 e. The van der Waals surface area contributed by atoms with E-state index < -0.39 is 164 Å². The number of aliphatic carboxylic acids is 1. The highest BCUT2D eigenvalue weighted by Crippen LogP contribution is 2.53. The number of carboxylic acids is 1. The number of nitrogens with one attached hydrogen (secondary N) is 6. The number of pyridine rings is 1. The fraction of sp³-hybridized carbons (Fsp3) is 0.446. The second-order valence-corrected chi connectivity index (χ2v) is 39.7. The van der Waals surface area contributed by atoms with E-state index in [9.17, 15) is 108 Å². The van der Waals surface area contributed by atoms with Crippen LogP contribution in [0.15, 0.2) is 121 Å². The molecule has 5 aliphatic heterocycles. The Bertz CT molecular complexity index is 5650. The number of benzene rings is 4. The van der Waals surface area contributed by atoms with Gasteiger partial charge < -0.3 is 62.8 Å². The number of hydrogen-bond donors (Lipinski definition) is 14. The molecule has 0 unspecified atom stereocenters. The molecule has 1 aromatic heterocycles. The predicted molar refractivity (Wildman–Crippen MR) is 441 cm³/mol. The number of fused-ring (bicyclic) bond motifs is 6. The summed E-state index contributed by atoms with van der Waals surface area (Å²) < 4.78 is 177. The minimum absolute atomic E-state index is 0.00229. The zero-order valence-corrected chi connectivity index (χ0v) is 70.5. The number of guanidine groups is 1. The van der Waals surface area contributed by atoms with Gasteiger partial charge in [0.2, 0.25) is 35.4 Å². The molecule has 7 amide bonds. The van der Waals surface area contributed by atoms with E-state index in [-0.39, 0.29) is 122 Å². The van der Waals surface area contributed by atoms with Crippen LogP contribution >= 0.6 is 21.6 Å². The van der Waals surface area contributed by atoms with Gasteiger partial charge in [0.1, 0.15) is 39.7 Å². The average Bonchev–Trinajstić information content (AvgIpc) is 1.59. The number of carbonyl (C=O) groups is 8. The van der Waals surface area contributed by atoms with Gasteiger partial charge in [-0.1, -0.05) is 79.6 Å². The van der Waals surface area contributed by atoms with E-state index in [0.717, 1.165) is 33.7 Å². The smallest absolute Gasteiger partial charge is 0.337 e. The Morgan fingerprint density at radius 1 is 0.655 bits per heavy atom. The van der Waals surface area contributed by atoms with E-state index in [0.29, 0.717) is 104 Å². The number of carboxylic acid groups (broad SMARTS) is 1. The lowest BCUT2D eigenvalue weighted by molar-refractivity contribution is -0.148. The third-order valence-corrected chi connectivity index (χ3v) is 28.0. The number of allylic oxidation sites excluding steroid dienone is 6. The first-order chi connectivity index (χ1) is 55.7. The van der Waals surface area contributed by atoms with Crippen molar-refractivity contribution in [2.75, 3.05) is 68.8 Å². The molecule has 5 atom stereocenters. The number of carbonyl (C=O) groups excluding carboxylic acids is 7. The Hall–Kier alpha value is -9.52. The van der Waals surface area contributed by atoms with Crippen molar-refractivity contribution in [2.24, 2.45) is 16.5 Å². The molecular formula is C74H92N14O24S7. The van der Waals surface area contributed by atoms with E-state index >= 15 is 0 Å². The van der Waals surface area contributed by atoms with Crippen LogP contribution in [-0.4, -0.2) is 242 Å². The molecule has 0 aliphatic carbocycles. The molecule has 3 fully saturated rings. The Morgan fingerprint density at radius 2 is 1.24 bits per heavy atom. The van der Waals surface area contributed by atoms with Crippen molar-refractivity contribution in [3.63, 3.8) is 0 Å². The van der Waals surface area contributed by atoms with Gasteiger partial charge in [-0.25, -0.2) is 4.79 Å². The third kappa shape index (κ3) is 21.6. The van der Waals surface area contributed by atoms with Crippen molar-refractivity contribution in [3.8, 4) is 0 Å². The molecule has 0 spiro atoms. The molecule has 5 aliphatic rings. The molecule has 6 heterocycles. The second-order valence-electron chi connectivity index (χ2n) is 29.9. The van der Waals surface area contributed by atoms with Gasteiger partial charge >= 0.3 is 5.97 Å². The first-order valence-corrected chi connectivity index (χ1v) is 47.3. The maximum absolute atomic E-state index is 14.3. The van der Waals surface area contributed by atoms with E-state index in [1.807, 2.05) is 0 Å². The lowest BCUT2D eigenvalue weighted by Crippen LogP contribution is -2.58. The number of anilines is 1. The Labute approximate surface area is 694 Å². The van der Waals surface area contributed by atoms with E-state index in [1.54, 1.807) is 56.9 Å². The average molecular weight is 1790 g/mol. The van der Waals surface area contributed by atoms with Crippen LogP contribution < -0.4 is 43.0 Å². The van der Waals surface area contributed by atoms with Crippen molar-refractivity contribution >= 4 is 170 Å². The third-order valence-electron chi connectivity index (χ3n) is 21.1. The summed E-state index contributed by atoms with van der Waals surface area (Å²) in [6.07, 6.45) is 10.6. The lowest BCUT2D eigenvalue weighted by atomic mass is 9.79. The summed E-state index contributed by atoms with van der Waals surface area (Å²) in [6.45, 7) is 7.33. The zero-order valence-electron chi connectivity index (χ0n) is 64.8. The fourth-order valence-electron chi connectivity index (χ4n) is 15.5. The molecule has 3 saturated heterocycles. The van der Waals surface area contributed by atoms with Crippen LogP contribution in [0.2, 0.25) is 0 Å². The van der Waals surface area contributed by atoms with Crippen LogP contribution in [0.5, 0.6) is 0 Å². The first-order valence-electron chi connectivity index (χ1n) is 37.6. The van der Waals surface area contributed by atoms with Gasteiger partial charge in [0.25, 0.3) is 56.5 Å². The summed E-state index contributed by atoms with van der Waals surface area (Å²) in [4.78, 5) is 119. The number of nitrogens with zero attached hydrogens (tertiary/aromatic N) is 6. The van der Waals surface area contributed by atoms with Crippen molar-refractivity contribution in [1.82, 2.24) is 46.3 Å². The molecule has 45 heteroatoms. The molecule has 10 rings (SSSR count). The maximum atomic E-state index is 14.3. The zero-order chi connectivity index (χ0) is 87.2. The van der Waals surface area contributed by atoms with Gasteiger partial charge in [-0.05, 0) is 153 Å². The Morgan fingerprint density at radius 3 is 1.83 bits per heavy atom. The van der Waals surface area contributed by atoms with Crippen molar-refractivity contribution < 1.29 is 108 Å². The number of nitrogens with two attached hydrogens (primary N) is 2. The van der Waals surface area contributed by atoms with E-state index in [1.165, 1.54) is 57.3 Å². The first kappa shape index (κ1) is 91.8. The Kier molecular flexibility index (Phi) is 28.7. The number of rotatable bonds is 35. The molecule has 0 saturated carbocycles. The summed E-state index contributed by atoms with van der Waals surface area (Å²) in [5.41, 5.74) is 10.8. The summed E-state index contributed by atoms with van der Waals surface area (Å²) >= 11 is 0. The Balaban J connectivity index is 0.784. The van der Waals surface area contributed by atoms with Gasteiger partial charge in [-0.15, -0.1) is 0 Å². The summed E-state index contributed by atoms with van der Waals surface area (Å²) in [5.74, 6) is -5.73. The summed E-state index contributed by atoms with van der Waals surface area (Å²) in [7, 11) is -23.1. The molecule has 119 heavy (non-hydrogen) atoms. The highest BCUT2D eigenvalue weighted by atomic mass is 33.1. The highest BCUT2D eigenvalue weighted by molar-refractivity contribution is 8.77. The monoisotopic (exact) mass is 1780 g/mol. The quantitative estimate of drug-likeness (QED) is 0.00519. The number of aromatic nitrogens is 1. The van der Waals surface area contributed by atoms with Crippen molar-refractivity contribution in [1.29, 1.82) is 5.41 Å². The highest BCUT2D eigenvalue weighted by Gasteiger charge is 2.46. The minimum atomic E-state index is -5.17. The number of hydrogen-bond acceptors (Lipinski definition) is 25. The maximum Gasteiger partial charge on any atom is 0.337 e. The molecule has 4 aromatic carbocycles. The van der Waals surface area contributed by atoms with E-state index in [4.69, 9.17) is 21.9 Å². The van der Waals surface area contributed by atoms with Crippen LogP contribution in [0.1, 0.15) is 132 Å². The standard InChI is InChI=1S/C74H92N14O24S7/c1-73(2)59(82-50-23-20-46-48(63(50)73)36-44(116(101,102)103)38-57(46)118(107,108)109)25-18-42(19-26-60-74(3,4)64-49-37-45(117(104,105)106)39-58(119(110,111)112)47(49)21-24-53(64)85(60)33-11-35-115(98,99)100)43-17-22-51(81-41-43)65(91)78-29-10-34-113-114-68(71(96)97)84-61(89)16-6-27-79-66(92)54-13-8-31-87(54)70(95)56-15-9-32-88(56)69(94)52(12-5-28-80-72(76)77)83-67(93)55-14-7-30-86(55)62(90)40-75/h17-26,36-39,41,52,54-56,68H,5-16,27-35,40,75H2,1-4H3,(H,78,91)(H,79,92)(H,83,93)(H,84,89)(H,96,97)(H4,76,77,80)(H,98,99,100)(H,101,102,103)(H,104,105,106)(H,107,108,109)(H,110,111,112)/b25-18+,42-19-,60-26+/t52-,54-,55-,56-,68-/m0/s1. The van der Waals surface area contributed by atoms with Crippen molar-refractivity contribution in [2.45, 2.75) is 165 Å². The predicted octanol–water partition coefficient (Wildman–Crippen LogP) is 3.94. The molecular weight excluding hydrogens is 1690 g/mol. The second kappa shape index (κ2) is 37.2. The normalized spacial score (nSPS) is 18.9. The van der Waals surface area contributed by atoms with Gasteiger partial charge in [0.15, 0.2) is 11.3 Å². The topological polar surface area (TPSA) is 603 Å². The summed E-state index contributed by atoms with van der Waals surface area (Å²) in [5, 5.41) is 29.3. The molecule has 16 N–H and O–H groups in total. The molecule has 38 nitrogen and oxygen atoms in total. The number of likely N-dealkylation sites (tertiary alicyclic amines) is 3. The van der Waals surface area contributed by atoms with Crippen LogP contribution in [-0.2, 0) is 95.0 Å². The van der Waals surface area contributed by atoms with Crippen LogP contribution in [0.3, 0.4) is 0 Å². The van der Waals surface area contributed by atoms with Crippen LogP contribution in [0.4, 0.5) is 11.4 Å². The van der Waals surface area contributed by atoms with Crippen LogP contribution in [0, 0.1) is 5.41 Å². The van der Waals surface area contributed by atoms with Gasteiger partial charge in [0, 0.05) is 103 Å². The van der Waals surface area contributed by atoms with Gasteiger partial charge in [-0.3, -0.25) is 71.7 Å². The van der Waals surface area contributed by atoms with E-state index in [2.05, 4.69) is 31.6 Å². The molecule has 5 aromatic rings. The van der Waals surface area contributed by atoms with Gasteiger partial charge in [0.05, 0.1) is 33.5 Å². The number of aliphatic imine (C=N–C) groups is 1.